The van der Waals surface area contributed by atoms with Gasteiger partial charge in [-0.2, -0.15) is 0 Å². The van der Waals surface area contributed by atoms with E-state index >= 15 is 0 Å². The number of hydrogen-bond donors (Lipinski definition) is 1. The summed E-state index contributed by atoms with van der Waals surface area (Å²) in [7, 11) is 0. The summed E-state index contributed by atoms with van der Waals surface area (Å²) in [4.78, 5) is 30.2. The summed E-state index contributed by atoms with van der Waals surface area (Å²) in [6.07, 6.45) is 7.05. The molecule has 1 aromatic heterocycles. The predicted molar refractivity (Wildman–Crippen MR) is 75.5 cm³/mol. The van der Waals surface area contributed by atoms with Gasteiger partial charge in [0.2, 0.25) is 5.91 Å². The number of likely N-dealkylation sites (tertiary alicyclic amines) is 1. The van der Waals surface area contributed by atoms with E-state index < -0.39 is 11.9 Å². The van der Waals surface area contributed by atoms with Gasteiger partial charge in [0.25, 0.3) is 0 Å². The molecule has 1 aromatic rings. The fourth-order valence-electron chi connectivity index (χ4n) is 3.34. The topological polar surface area (TPSA) is 75.4 Å². The standard InChI is InChI=1S/C15H21N3O3/c1-2-17-9-16-8-12(17)14-11(15(20)21)4-3-5-13(19)18(14)10-6-7-10/h8-11,14H,2-7H2,1H3,(H,20,21). The number of rotatable bonds is 4. The van der Waals surface area contributed by atoms with E-state index in [4.69, 9.17) is 0 Å². The Hall–Kier alpha value is -1.85. The van der Waals surface area contributed by atoms with E-state index in [1.807, 2.05) is 16.4 Å². The maximum absolute atomic E-state index is 12.5. The van der Waals surface area contributed by atoms with Gasteiger partial charge in [0, 0.05) is 19.0 Å². The number of amides is 1. The third-order valence-electron chi connectivity index (χ3n) is 4.52. The molecule has 6 nitrogen and oxygen atoms in total. The molecule has 2 heterocycles. The van der Waals surface area contributed by atoms with Crippen molar-refractivity contribution in [2.24, 2.45) is 5.92 Å². The van der Waals surface area contributed by atoms with Gasteiger partial charge in [-0.3, -0.25) is 9.59 Å². The molecule has 1 aliphatic carbocycles. The van der Waals surface area contributed by atoms with E-state index in [0.717, 1.165) is 25.1 Å². The highest BCUT2D eigenvalue weighted by atomic mass is 16.4. The molecule has 0 radical (unpaired) electrons. The third kappa shape index (κ3) is 2.54. The van der Waals surface area contributed by atoms with Gasteiger partial charge in [-0.05, 0) is 32.6 Å². The Bertz CT molecular complexity index is 550. The van der Waals surface area contributed by atoms with Crippen LogP contribution in [-0.4, -0.2) is 37.5 Å². The summed E-state index contributed by atoms with van der Waals surface area (Å²) in [5.74, 6) is -1.27. The summed E-state index contributed by atoms with van der Waals surface area (Å²) in [6.45, 7) is 2.73. The number of carboxylic acid groups (broad SMARTS) is 1. The van der Waals surface area contributed by atoms with Crippen molar-refractivity contribution in [3.8, 4) is 0 Å². The fraction of sp³-hybridized carbons (Fsp3) is 0.667. The maximum Gasteiger partial charge on any atom is 0.309 e. The highest BCUT2D eigenvalue weighted by molar-refractivity contribution is 5.80. The molecule has 3 rings (SSSR count). The Morgan fingerprint density at radius 1 is 1.43 bits per heavy atom. The molecule has 0 bridgehead atoms. The quantitative estimate of drug-likeness (QED) is 0.918. The molecule has 1 aliphatic heterocycles. The van der Waals surface area contributed by atoms with Gasteiger partial charge < -0.3 is 14.6 Å². The molecule has 1 saturated carbocycles. The first-order valence-electron chi connectivity index (χ1n) is 7.67. The van der Waals surface area contributed by atoms with Crippen LogP contribution in [0, 0.1) is 5.92 Å². The van der Waals surface area contributed by atoms with Gasteiger partial charge >= 0.3 is 5.97 Å². The fourth-order valence-corrected chi connectivity index (χ4v) is 3.34. The zero-order valence-electron chi connectivity index (χ0n) is 12.2. The van der Waals surface area contributed by atoms with Gasteiger partial charge in [-0.1, -0.05) is 0 Å². The number of aryl methyl sites for hydroxylation is 1. The van der Waals surface area contributed by atoms with E-state index in [1.165, 1.54) is 0 Å². The first kappa shape index (κ1) is 14.1. The number of carboxylic acids is 1. The van der Waals surface area contributed by atoms with E-state index in [0.29, 0.717) is 19.3 Å². The van der Waals surface area contributed by atoms with E-state index in [2.05, 4.69) is 4.98 Å². The summed E-state index contributed by atoms with van der Waals surface area (Å²) in [6, 6.07) is -0.171. The average molecular weight is 291 g/mol. The Balaban J connectivity index is 2.05. The Morgan fingerprint density at radius 2 is 2.19 bits per heavy atom. The van der Waals surface area contributed by atoms with Crippen molar-refractivity contribution in [1.82, 2.24) is 14.5 Å². The number of hydrogen-bond acceptors (Lipinski definition) is 3. The second-order valence-electron chi connectivity index (χ2n) is 5.92. The van der Waals surface area contributed by atoms with E-state index in [1.54, 1.807) is 12.5 Å². The van der Waals surface area contributed by atoms with Gasteiger partial charge in [0.1, 0.15) is 0 Å². The summed E-state index contributed by atoms with van der Waals surface area (Å²) < 4.78 is 1.95. The Kier molecular flexibility index (Phi) is 3.69. The first-order valence-corrected chi connectivity index (χ1v) is 7.67. The normalized spacial score (nSPS) is 26.7. The lowest BCUT2D eigenvalue weighted by atomic mass is 9.92. The predicted octanol–water partition coefficient (Wildman–Crippen LogP) is 1.82. The van der Waals surface area contributed by atoms with Gasteiger partial charge in [0.15, 0.2) is 0 Å². The van der Waals surface area contributed by atoms with Crippen molar-refractivity contribution in [2.45, 2.75) is 57.7 Å². The summed E-state index contributed by atoms with van der Waals surface area (Å²) in [5, 5.41) is 9.63. The van der Waals surface area contributed by atoms with Gasteiger partial charge in [0.05, 0.1) is 30.2 Å². The smallest absolute Gasteiger partial charge is 0.309 e. The van der Waals surface area contributed by atoms with Crippen LogP contribution in [0.5, 0.6) is 0 Å². The van der Waals surface area contributed by atoms with Crippen LogP contribution in [0.2, 0.25) is 0 Å². The SMILES string of the molecule is CCn1cncc1C1C(C(=O)O)CCCC(=O)N1C1CC1. The maximum atomic E-state index is 12.5. The minimum absolute atomic E-state index is 0.0927. The summed E-state index contributed by atoms with van der Waals surface area (Å²) in [5.41, 5.74) is 0.854. The van der Waals surface area contributed by atoms with Crippen LogP contribution < -0.4 is 0 Å². The minimum atomic E-state index is -0.816. The number of aromatic nitrogens is 2. The van der Waals surface area contributed by atoms with Crippen LogP contribution in [0.4, 0.5) is 0 Å². The lowest BCUT2D eigenvalue weighted by Gasteiger charge is -2.34. The molecule has 6 heteroatoms. The molecule has 114 valence electrons. The molecule has 1 N–H and O–H groups in total. The van der Waals surface area contributed by atoms with Crippen molar-refractivity contribution in [3.05, 3.63) is 18.2 Å². The highest BCUT2D eigenvalue weighted by Gasteiger charge is 2.45. The zero-order valence-corrected chi connectivity index (χ0v) is 12.2. The minimum Gasteiger partial charge on any atom is -0.481 e. The van der Waals surface area contributed by atoms with Crippen LogP contribution in [0.15, 0.2) is 12.5 Å². The molecular weight excluding hydrogens is 270 g/mol. The molecule has 2 atom stereocenters. The monoisotopic (exact) mass is 291 g/mol. The largest absolute Gasteiger partial charge is 0.481 e. The van der Waals surface area contributed by atoms with Crippen LogP contribution in [0.3, 0.4) is 0 Å². The lowest BCUT2D eigenvalue weighted by Crippen LogP contribution is -2.41. The molecule has 1 saturated heterocycles. The van der Waals surface area contributed by atoms with Crippen LogP contribution >= 0.6 is 0 Å². The van der Waals surface area contributed by atoms with Crippen molar-refractivity contribution in [1.29, 1.82) is 0 Å². The third-order valence-corrected chi connectivity index (χ3v) is 4.52. The van der Waals surface area contributed by atoms with Crippen molar-refractivity contribution in [3.63, 3.8) is 0 Å². The molecule has 21 heavy (non-hydrogen) atoms. The van der Waals surface area contributed by atoms with Gasteiger partial charge in [-0.15, -0.1) is 0 Å². The van der Waals surface area contributed by atoms with Crippen LogP contribution in [-0.2, 0) is 16.1 Å². The number of nitrogens with zero attached hydrogens (tertiary/aromatic N) is 3. The molecular formula is C15H21N3O3. The molecule has 2 unspecified atom stereocenters. The van der Waals surface area contributed by atoms with Crippen molar-refractivity contribution in [2.75, 3.05) is 0 Å². The highest BCUT2D eigenvalue weighted by Crippen LogP contribution is 2.42. The number of carbonyl (C=O) groups is 2. The van der Waals surface area contributed by atoms with Crippen LogP contribution in [0.1, 0.15) is 50.8 Å². The van der Waals surface area contributed by atoms with Crippen LogP contribution in [0.25, 0.3) is 0 Å². The van der Waals surface area contributed by atoms with Gasteiger partial charge in [-0.25, -0.2) is 4.98 Å². The molecule has 0 aromatic carbocycles. The Labute approximate surface area is 123 Å². The molecule has 2 fully saturated rings. The van der Waals surface area contributed by atoms with E-state index in [9.17, 15) is 14.7 Å². The number of carbonyl (C=O) groups excluding carboxylic acids is 1. The lowest BCUT2D eigenvalue weighted by molar-refractivity contribution is -0.146. The first-order chi connectivity index (χ1) is 10.1. The average Bonchev–Trinajstić information content (AvgIpc) is 3.19. The molecule has 1 amide bonds. The number of imidazole rings is 1. The second kappa shape index (κ2) is 5.50. The van der Waals surface area contributed by atoms with Crippen molar-refractivity contribution < 1.29 is 14.7 Å². The summed E-state index contributed by atoms with van der Waals surface area (Å²) >= 11 is 0. The molecule has 2 aliphatic rings. The molecule has 0 spiro atoms. The zero-order chi connectivity index (χ0) is 15.0. The number of aliphatic carboxylic acids is 1. The van der Waals surface area contributed by atoms with Crippen molar-refractivity contribution >= 4 is 11.9 Å². The Morgan fingerprint density at radius 3 is 2.81 bits per heavy atom. The second-order valence-corrected chi connectivity index (χ2v) is 5.92. The van der Waals surface area contributed by atoms with E-state index in [-0.39, 0.29) is 18.0 Å².